The van der Waals surface area contributed by atoms with E-state index >= 15 is 0 Å². The molecule has 76 valence electrons. The molecule has 0 spiro atoms. The van der Waals surface area contributed by atoms with Crippen LogP contribution in [0.2, 0.25) is 0 Å². The Morgan fingerprint density at radius 2 is 2.00 bits per heavy atom. The van der Waals surface area contributed by atoms with Crippen molar-refractivity contribution in [3.8, 4) is 0 Å². The van der Waals surface area contributed by atoms with E-state index < -0.39 is 5.97 Å². The van der Waals surface area contributed by atoms with Crippen LogP contribution in [0.4, 0.5) is 0 Å². The normalized spacial score (nSPS) is 28.7. The van der Waals surface area contributed by atoms with E-state index in [-0.39, 0.29) is 12.0 Å². The van der Waals surface area contributed by atoms with Gasteiger partial charge in [0.25, 0.3) is 0 Å². The monoisotopic (exact) mass is 187 g/mol. The third kappa shape index (κ3) is 3.32. The van der Waals surface area contributed by atoms with Crippen LogP contribution in [0.3, 0.4) is 0 Å². The second-order valence-electron chi connectivity index (χ2n) is 3.47. The lowest BCUT2D eigenvalue weighted by molar-refractivity contribution is -0.143. The third-order valence-corrected chi connectivity index (χ3v) is 2.49. The first kappa shape index (κ1) is 10.5. The molecule has 0 radical (unpaired) electrons. The second-order valence-corrected chi connectivity index (χ2v) is 3.47. The summed E-state index contributed by atoms with van der Waals surface area (Å²) in [5.41, 5.74) is 5.30. The van der Waals surface area contributed by atoms with Crippen LogP contribution in [0, 0.1) is 5.92 Å². The number of rotatable bonds is 4. The number of carboxylic acid groups (broad SMARTS) is 1. The number of ether oxygens (including phenoxy) is 1. The van der Waals surface area contributed by atoms with Gasteiger partial charge < -0.3 is 15.6 Å². The summed E-state index contributed by atoms with van der Waals surface area (Å²) in [5, 5.41) is 8.74. The maximum Gasteiger partial charge on any atom is 0.306 e. The molecule has 0 aliphatic heterocycles. The highest BCUT2D eigenvalue weighted by Crippen LogP contribution is 2.26. The van der Waals surface area contributed by atoms with Gasteiger partial charge in [0.1, 0.15) is 0 Å². The molecule has 1 rings (SSSR count). The van der Waals surface area contributed by atoms with Crippen molar-refractivity contribution in [1.82, 2.24) is 0 Å². The molecular formula is C9H17NO3. The zero-order valence-electron chi connectivity index (χ0n) is 7.74. The van der Waals surface area contributed by atoms with Crippen molar-refractivity contribution < 1.29 is 14.6 Å². The summed E-state index contributed by atoms with van der Waals surface area (Å²) < 4.78 is 5.44. The minimum Gasteiger partial charge on any atom is -0.481 e. The highest BCUT2D eigenvalue weighted by atomic mass is 16.5. The molecule has 0 amide bonds. The van der Waals surface area contributed by atoms with Crippen molar-refractivity contribution in [2.24, 2.45) is 11.7 Å². The molecule has 0 heterocycles. The molecule has 0 bridgehead atoms. The van der Waals surface area contributed by atoms with Crippen LogP contribution in [0.25, 0.3) is 0 Å². The van der Waals surface area contributed by atoms with Crippen LogP contribution >= 0.6 is 0 Å². The van der Waals surface area contributed by atoms with Crippen molar-refractivity contribution in [2.75, 3.05) is 13.2 Å². The van der Waals surface area contributed by atoms with Crippen LogP contribution < -0.4 is 5.73 Å². The quantitative estimate of drug-likeness (QED) is 0.676. The lowest BCUT2D eigenvalue weighted by Gasteiger charge is -2.25. The van der Waals surface area contributed by atoms with E-state index in [0.29, 0.717) is 13.2 Å². The molecule has 1 aliphatic carbocycles. The minimum atomic E-state index is -0.669. The van der Waals surface area contributed by atoms with E-state index in [1.165, 1.54) is 0 Å². The van der Waals surface area contributed by atoms with Gasteiger partial charge in [0.15, 0.2) is 0 Å². The number of carboxylic acids is 1. The van der Waals surface area contributed by atoms with Gasteiger partial charge in [-0.1, -0.05) is 0 Å². The third-order valence-electron chi connectivity index (χ3n) is 2.49. The fraction of sp³-hybridized carbons (Fsp3) is 0.889. The van der Waals surface area contributed by atoms with E-state index in [1.807, 2.05) is 0 Å². The molecule has 1 aliphatic rings. The molecule has 0 aromatic rings. The van der Waals surface area contributed by atoms with Crippen molar-refractivity contribution in [1.29, 1.82) is 0 Å². The average molecular weight is 187 g/mol. The molecule has 0 aromatic carbocycles. The summed E-state index contributed by atoms with van der Waals surface area (Å²) in [6, 6.07) is 0. The molecule has 1 fully saturated rings. The van der Waals surface area contributed by atoms with Crippen molar-refractivity contribution in [3.63, 3.8) is 0 Å². The molecular weight excluding hydrogens is 170 g/mol. The first-order valence-electron chi connectivity index (χ1n) is 4.78. The molecule has 0 atom stereocenters. The molecule has 0 aromatic heterocycles. The standard InChI is InChI=1S/C9H17NO3/c10-5-6-13-8-3-1-7(2-4-8)9(11)12/h7-8H,1-6,10H2,(H,11,12). The highest BCUT2D eigenvalue weighted by molar-refractivity contribution is 5.69. The number of nitrogens with two attached hydrogens (primary N) is 1. The number of aliphatic carboxylic acids is 1. The summed E-state index contributed by atoms with van der Waals surface area (Å²) in [7, 11) is 0. The Morgan fingerprint density at radius 1 is 1.38 bits per heavy atom. The lowest BCUT2D eigenvalue weighted by atomic mass is 9.87. The van der Waals surface area contributed by atoms with Gasteiger partial charge in [0.2, 0.25) is 0 Å². The fourth-order valence-corrected chi connectivity index (χ4v) is 1.71. The van der Waals surface area contributed by atoms with Gasteiger partial charge in [0.05, 0.1) is 18.6 Å². The van der Waals surface area contributed by atoms with Crippen LogP contribution in [-0.4, -0.2) is 30.3 Å². The molecule has 0 saturated heterocycles. The summed E-state index contributed by atoms with van der Waals surface area (Å²) in [4.78, 5) is 10.6. The Balaban J connectivity index is 2.18. The smallest absolute Gasteiger partial charge is 0.306 e. The Hall–Kier alpha value is -0.610. The van der Waals surface area contributed by atoms with E-state index in [0.717, 1.165) is 25.7 Å². The topological polar surface area (TPSA) is 72.5 Å². The Kier molecular flexibility index (Phi) is 4.18. The Labute approximate surface area is 78.1 Å². The molecule has 4 heteroatoms. The predicted octanol–water partition coefficient (Wildman–Crippen LogP) is 0.605. The fourth-order valence-electron chi connectivity index (χ4n) is 1.71. The maximum atomic E-state index is 10.6. The van der Waals surface area contributed by atoms with E-state index in [2.05, 4.69) is 0 Å². The van der Waals surface area contributed by atoms with Crippen LogP contribution in [-0.2, 0) is 9.53 Å². The average Bonchev–Trinajstić information content (AvgIpc) is 2.15. The lowest BCUT2D eigenvalue weighted by Crippen LogP contribution is -2.27. The molecule has 1 saturated carbocycles. The Morgan fingerprint density at radius 3 is 2.46 bits per heavy atom. The Bertz CT molecular complexity index is 164. The maximum absolute atomic E-state index is 10.6. The SMILES string of the molecule is NCCOC1CCC(C(=O)O)CC1. The summed E-state index contributed by atoms with van der Waals surface area (Å²) in [5.74, 6) is -0.824. The molecule has 0 unspecified atom stereocenters. The van der Waals surface area contributed by atoms with Gasteiger partial charge in [-0.05, 0) is 25.7 Å². The van der Waals surface area contributed by atoms with Gasteiger partial charge in [0, 0.05) is 6.54 Å². The van der Waals surface area contributed by atoms with Crippen LogP contribution in [0.15, 0.2) is 0 Å². The number of hydrogen-bond acceptors (Lipinski definition) is 3. The van der Waals surface area contributed by atoms with Crippen molar-refractivity contribution in [3.05, 3.63) is 0 Å². The largest absolute Gasteiger partial charge is 0.481 e. The number of carbonyl (C=O) groups is 1. The number of hydrogen-bond donors (Lipinski definition) is 2. The minimum absolute atomic E-state index is 0.155. The summed E-state index contributed by atoms with van der Waals surface area (Å²) in [6.07, 6.45) is 3.43. The first-order chi connectivity index (χ1) is 6.24. The molecule has 4 nitrogen and oxygen atoms in total. The zero-order valence-corrected chi connectivity index (χ0v) is 7.74. The summed E-state index contributed by atoms with van der Waals surface area (Å²) in [6.45, 7) is 1.13. The molecule has 3 N–H and O–H groups in total. The van der Waals surface area contributed by atoms with Gasteiger partial charge >= 0.3 is 5.97 Å². The van der Waals surface area contributed by atoms with E-state index in [1.54, 1.807) is 0 Å². The van der Waals surface area contributed by atoms with Crippen molar-refractivity contribution in [2.45, 2.75) is 31.8 Å². The van der Waals surface area contributed by atoms with Gasteiger partial charge in [-0.3, -0.25) is 4.79 Å². The van der Waals surface area contributed by atoms with Crippen LogP contribution in [0.1, 0.15) is 25.7 Å². The highest BCUT2D eigenvalue weighted by Gasteiger charge is 2.25. The van der Waals surface area contributed by atoms with E-state index in [4.69, 9.17) is 15.6 Å². The predicted molar refractivity (Wildman–Crippen MR) is 48.4 cm³/mol. The first-order valence-corrected chi connectivity index (χ1v) is 4.78. The molecule has 13 heavy (non-hydrogen) atoms. The van der Waals surface area contributed by atoms with Gasteiger partial charge in [-0.25, -0.2) is 0 Å². The second kappa shape index (κ2) is 5.19. The summed E-state index contributed by atoms with van der Waals surface area (Å²) >= 11 is 0. The van der Waals surface area contributed by atoms with Gasteiger partial charge in [-0.15, -0.1) is 0 Å². The zero-order chi connectivity index (χ0) is 9.68. The van der Waals surface area contributed by atoms with Crippen LogP contribution in [0.5, 0.6) is 0 Å². The van der Waals surface area contributed by atoms with Gasteiger partial charge in [-0.2, -0.15) is 0 Å². The van der Waals surface area contributed by atoms with Crippen molar-refractivity contribution >= 4 is 5.97 Å². The van der Waals surface area contributed by atoms with E-state index in [9.17, 15) is 4.79 Å².